The van der Waals surface area contributed by atoms with Crippen LogP contribution in [-0.2, 0) is 4.79 Å². The molecule has 1 saturated heterocycles. The molecule has 0 aliphatic carbocycles. The zero-order valence-corrected chi connectivity index (χ0v) is 9.29. The van der Waals surface area contributed by atoms with E-state index in [1.807, 2.05) is 31.3 Å². The van der Waals surface area contributed by atoms with E-state index in [2.05, 4.69) is 5.32 Å². The quantitative estimate of drug-likeness (QED) is 0.833. The molecule has 1 aromatic rings. The van der Waals surface area contributed by atoms with Gasteiger partial charge in [-0.3, -0.25) is 4.79 Å². The summed E-state index contributed by atoms with van der Waals surface area (Å²) in [5.74, 6) is 0.157. The average molecular weight is 225 g/mol. The standard InChI is InChI=1S/C11H13ClN2O/c1-14-7-6-10(11(14)15)13-9-4-2-8(12)3-5-9/h2-5,10,13H,6-7H2,1H3. The van der Waals surface area contributed by atoms with E-state index < -0.39 is 0 Å². The average Bonchev–Trinajstić information content (AvgIpc) is 2.53. The van der Waals surface area contributed by atoms with Gasteiger partial charge in [-0.05, 0) is 30.7 Å². The van der Waals surface area contributed by atoms with E-state index in [9.17, 15) is 4.79 Å². The molecule has 0 bridgehead atoms. The predicted octanol–water partition coefficient (Wildman–Crippen LogP) is 1.98. The molecule has 1 aliphatic heterocycles. The van der Waals surface area contributed by atoms with Gasteiger partial charge in [-0.15, -0.1) is 0 Å². The maximum atomic E-state index is 11.6. The molecule has 0 radical (unpaired) electrons. The Bertz CT molecular complexity index is 363. The zero-order valence-electron chi connectivity index (χ0n) is 8.53. The highest BCUT2D eigenvalue weighted by Crippen LogP contribution is 2.18. The van der Waals surface area contributed by atoms with E-state index in [0.29, 0.717) is 5.02 Å². The normalized spacial score (nSPS) is 20.8. The molecule has 1 aliphatic rings. The summed E-state index contributed by atoms with van der Waals surface area (Å²) in [6, 6.07) is 7.30. The molecular formula is C11H13ClN2O. The third-order valence-electron chi connectivity index (χ3n) is 2.61. The fourth-order valence-corrected chi connectivity index (χ4v) is 1.83. The lowest BCUT2D eigenvalue weighted by Crippen LogP contribution is -2.30. The van der Waals surface area contributed by atoms with Gasteiger partial charge < -0.3 is 10.2 Å². The van der Waals surface area contributed by atoms with E-state index in [1.54, 1.807) is 4.90 Å². The lowest BCUT2D eigenvalue weighted by atomic mass is 10.2. The second-order valence-corrected chi connectivity index (χ2v) is 4.19. The van der Waals surface area contributed by atoms with Crippen LogP contribution in [0.5, 0.6) is 0 Å². The van der Waals surface area contributed by atoms with Crippen molar-refractivity contribution in [3.8, 4) is 0 Å². The van der Waals surface area contributed by atoms with Gasteiger partial charge in [0.15, 0.2) is 0 Å². The highest BCUT2D eigenvalue weighted by Gasteiger charge is 2.28. The smallest absolute Gasteiger partial charge is 0.244 e. The van der Waals surface area contributed by atoms with Crippen LogP contribution >= 0.6 is 11.6 Å². The van der Waals surface area contributed by atoms with Crippen molar-refractivity contribution < 1.29 is 4.79 Å². The van der Waals surface area contributed by atoms with Crippen molar-refractivity contribution in [1.82, 2.24) is 4.90 Å². The van der Waals surface area contributed by atoms with Crippen LogP contribution in [0.1, 0.15) is 6.42 Å². The highest BCUT2D eigenvalue weighted by molar-refractivity contribution is 6.30. The number of hydrogen-bond acceptors (Lipinski definition) is 2. The van der Waals surface area contributed by atoms with Crippen molar-refractivity contribution in [2.45, 2.75) is 12.5 Å². The van der Waals surface area contributed by atoms with Crippen LogP contribution in [0.3, 0.4) is 0 Å². The van der Waals surface area contributed by atoms with Crippen LogP contribution < -0.4 is 5.32 Å². The van der Waals surface area contributed by atoms with Crippen molar-refractivity contribution in [3.63, 3.8) is 0 Å². The molecule has 1 aromatic carbocycles. The van der Waals surface area contributed by atoms with Crippen LogP contribution in [0, 0.1) is 0 Å². The largest absolute Gasteiger partial charge is 0.374 e. The number of anilines is 1. The monoisotopic (exact) mass is 224 g/mol. The number of carbonyl (C=O) groups excluding carboxylic acids is 1. The van der Waals surface area contributed by atoms with Gasteiger partial charge in [-0.25, -0.2) is 0 Å². The Kier molecular flexibility index (Phi) is 2.82. The van der Waals surface area contributed by atoms with Gasteiger partial charge in [0.2, 0.25) is 5.91 Å². The minimum absolute atomic E-state index is 0.0869. The van der Waals surface area contributed by atoms with E-state index in [1.165, 1.54) is 0 Å². The lowest BCUT2D eigenvalue weighted by Gasteiger charge is -2.13. The van der Waals surface area contributed by atoms with Crippen molar-refractivity contribution in [3.05, 3.63) is 29.3 Å². The van der Waals surface area contributed by atoms with Gasteiger partial charge >= 0.3 is 0 Å². The molecule has 1 amide bonds. The number of likely N-dealkylation sites (tertiary alicyclic amines) is 1. The second kappa shape index (κ2) is 4.11. The third-order valence-corrected chi connectivity index (χ3v) is 2.86. The first-order valence-corrected chi connectivity index (χ1v) is 5.32. The van der Waals surface area contributed by atoms with E-state index >= 15 is 0 Å². The number of halogens is 1. The summed E-state index contributed by atoms with van der Waals surface area (Å²) < 4.78 is 0. The van der Waals surface area contributed by atoms with Crippen molar-refractivity contribution in [2.75, 3.05) is 18.9 Å². The number of amides is 1. The molecule has 1 N–H and O–H groups in total. The van der Waals surface area contributed by atoms with E-state index in [4.69, 9.17) is 11.6 Å². The van der Waals surface area contributed by atoms with Gasteiger partial charge in [-0.1, -0.05) is 11.6 Å². The summed E-state index contributed by atoms with van der Waals surface area (Å²) in [5, 5.41) is 3.90. The SMILES string of the molecule is CN1CCC(Nc2ccc(Cl)cc2)C1=O. The maximum Gasteiger partial charge on any atom is 0.244 e. The molecule has 0 aromatic heterocycles. The van der Waals surface area contributed by atoms with Crippen molar-refractivity contribution in [2.24, 2.45) is 0 Å². The Morgan fingerprint density at radius 2 is 2.07 bits per heavy atom. The summed E-state index contributed by atoms with van der Waals surface area (Å²) in [4.78, 5) is 13.4. The van der Waals surface area contributed by atoms with E-state index in [0.717, 1.165) is 18.7 Å². The number of nitrogens with zero attached hydrogens (tertiary/aromatic N) is 1. The molecule has 1 heterocycles. The number of carbonyl (C=O) groups is 1. The first-order valence-electron chi connectivity index (χ1n) is 4.94. The van der Waals surface area contributed by atoms with Gasteiger partial charge in [0.25, 0.3) is 0 Å². The molecule has 3 nitrogen and oxygen atoms in total. The minimum Gasteiger partial charge on any atom is -0.374 e. The second-order valence-electron chi connectivity index (χ2n) is 3.75. The highest BCUT2D eigenvalue weighted by atomic mass is 35.5. The molecule has 0 saturated carbocycles. The van der Waals surface area contributed by atoms with Gasteiger partial charge in [0.05, 0.1) is 0 Å². The summed E-state index contributed by atoms with van der Waals surface area (Å²) in [5.41, 5.74) is 0.938. The first kappa shape index (κ1) is 10.3. The van der Waals surface area contributed by atoms with Crippen LogP contribution in [0.4, 0.5) is 5.69 Å². The molecule has 4 heteroatoms. The summed E-state index contributed by atoms with van der Waals surface area (Å²) in [6.07, 6.45) is 0.859. The number of hydrogen-bond donors (Lipinski definition) is 1. The number of rotatable bonds is 2. The predicted molar refractivity (Wildman–Crippen MR) is 61.1 cm³/mol. The molecule has 2 rings (SSSR count). The zero-order chi connectivity index (χ0) is 10.8. The fraction of sp³-hybridized carbons (Fsp3) is 0.364. The fourth-order valence-electron chi connectivity index (χ4n) is 1.70. The van der Waals surface area contributed by atoms with Crippen LogP contribution in [0.25, 0.3) is 0 Å². The lowest BCUT2D eigenvalue weighted by molar-refractivity contribution is -0.127. The molecule has 80 valence electrons. The molecule has 15 heavy (non-hydrogen) atoms. The Morgan fingerprint density at radius 1 is 1.40 bits per heavy atom. The van der Waals surface area contributed by atoms with Gasteiger partial charge in [0, 0.05) is 24.3 Å². The van der Waals surface area contributed by atoms with E-state index in [-0.39, 0.29) is 11.9 Å². The summed E-state index contributed by atoms with van der Waals surface area (Å²) in [6.45, 7) is 0.824. The number of likely N-dealkylation sites (N-methyl/N-ethyl adjacent to an activating group) is 1. The van der Waals surface area contributed by atoms with Crippen LogP contribution in [0.2, 0.25) is 5.02 Å². The Morgan fingerprint density at radius 3 is 2.60 bits per heavy atom. The van der Waals surface area contributed by atoms with Crippen LogP contribution in [-0.4, -0.2) is 30.4 Å². The van der Waals surface area contributed by atoms with Gasteiger partial charge in [-0.2, -0.15) is 0 Å². The van der Waals surface area contributed by atoms with Crippen molar-refractivity contribution >= 4 is 23.2 Å². The first-order chi connectivity index (χ1) is 7.16. The Labute approximate surface area is 94.0 Å². The summed E-state index contributed by atoms with van der Waals surface area (Å²) in [7, 11) is 1.83. The Balaban J connectivity index is 2.03. The number of benzene rings is 1. The number of nitrogens with one attached hydrogen (secondary N) is 1. The van der Waals surface area contributed by atoms with Crippen LogP contribution in [0.15, 0.2) is 24.3 Å². The topological polar surface area (TPSA) is 32.3 Å². The summed E-state index contributed by atoms with van der Waals surface area (Å²) >= 11 is 5.78. The maximum absolute atomic E-state index is 11.6. The molecular weight excluding hydrogens is 212 g/mol. The molecule has 1 unspecified atom stereocenters. The minimum atomic E-state index is -0.0869. The molecule has 0 spiro atoms. The van der Waals surface area contributed by atoms with Gasteiger partial charge in [0.1, 0.15) is 6.04 Å². The Hall–Kier alpha value is -1.22. The third kappa shape index (κ3) is 2.23. The molecule has 1 atom stereocenters. The molecule has 1 fully saturated rings. The van der Waals surface area contributed by atoms with Crippen molar-refractivity contribution in [1.29, 1.82) is 0 Å².